The van der Waals surface area contributed by atoms with Gasteiger partial charge in [-0.15, -0.1) is 0 Å². The van der Waals surface area contributed by atoms with E-state index in [1.165, 1.54) is 4.90 Å². The number of nitrogens with zero attached hydrogens (tertiary/aromatic N) is 1. The molecule has 1 aliphatic rings. The minimum absolute atomic E-state index is 0.404. The van der Waals surface area contributed by atoms with E-state index in [1.807, 2.05) is 13.0 Å². The first-order chi connectivity index (χ1) is 12.6. The lowest BCUT2D eigenvalue weighted by molar-refractivity contribution is -0.151. The SMILES string of the molecule is Cc1ccc(NC(=O)COC(=O)C2CCCN2C(=O)OC(C)(C)C)c(Cl)c1. The second kappa shape index (κ2) is 8.61. The van der Waals surface area contributed by atoms with Crippen LogP contribution in [0.5, 0.6) is 0 Å². The number of benzene rings is 1. The number of amides is 2. The van der Waals surface area contributed by atoms with Crippen LogP contribution in [-0.4, -0.2) is 47.7 Å². The number of halogens is 1. The average molecular weight is 397 g/mol. The number of rotatable bonds is 4. The molecule has 2 rings (SSSR count). The summed E-state index contributed by atoms with van der Waals surface area (Å²) in [6.07, 6.45) is 0.589. The molecule has 8 heteroatoms. The minimum atomic E-state index is -0.740. The van der Waals surface area contributed by atoms with Crippen LogP contribution in [0.15, 0.2) is 18.2 Å². The molecule has 27 heavy (non-hydrogen) atoms. The van der Waals surface area contributed by atoms with E-state index in [2.05, 4.69) is 5.32 Å². The molecule has 0 spiro atoms. The average Bonchev–Trinajstić information content (AvgIpc) is 3.03. The Morgan fingerprint density at radius 1 is 1.30 bits per heavy atom. The number of hydrogen-bond acceptors (Lipinski definition) is 5. The summed E-state index contributed by atoms with van der Waals surface area (Å²) in [5.41, 5.74) is 0.758. The number of hydrogen-bond donors (Lipinski definition) is 1. The normalized spacial score (nSPS) is 16.8. The molecule has 0 aromatic heterocycles. The Hall–Kier alpha value is -2.28. The molecule has 0 saturated carbocycles. The molecule has 1 heterocycles. The molecule has 1 aromatic rings. The number of ether oxygens (including phenoxy) is 2. The minimum Gasteiger partial charge on any atom is -0.454 e. The standard InChI is InChI=1S/C19H25ClN2O5/c1-12-7-8-14(13(20)10-12)21-16(23)11-26-17(24)15-6-5-9-22(15)18(25)27-19(2,3)4/h7-8,10,15H,5-6,9,11H2,1-4H3,(H,21,23). The highest BCUT2D eigenvalue weighted by Gasteiger charge is 2.37. The summed E-state index contributed by atoms with van der Waals surface area (Å²) < 4.78 is 10.4. The summed E-state index contributed by atoms with van der Waals surface area (Å²) in [7, 11) is 0. The van der Waals surface area contributed by atoms with Gasteiger partial charge in [-0.1, -0.05) is 17.7 Å². The van der Waals surface area contributed by atoms with E-state index in [0.29, 0.717) is 30.1 Å². The number of likely N-dealkylation sites (tertiary alicyclic amines) is 1. The molecule has 1 aliphatic heterocycles. The van der Waals surface area contributed by atoms with Gasteiger partial charge in [0, 0.05) is 6.54 Å². The molecule has 2 amide bonds. The quantitative estimate of drug-likeness (QED) is 0.787. The van der Waals surface area contributed by atoms with E-state index < -0.39 is 36.2 Å². The van der Waals surface area contributed by atoms with Crippen LogP contribution in [0.2, 0.25) is 5.02 Å². The molecule has 1 fully saturated rings. The molecule has 0 bridgehead atoms. The summed E-state index contributed by atoms with van der Waals surface area (Å²) in [5.74, 6) is -1.13. The van der Waals surface area contributed by atoms with Crippen molar-refractivity contribution < 1.29 is 23.9 Å². The fourth-order valence-corrected chi connectivity index (χ4v) is 2.97. The maximum atomic E-state index is 12.3. The van der Waals surface area contributed by atoms with Gasteiger partial charge >= 0.3 is 12.1 Å². The lowest BCUT2D eigenvalue weighted by Gasteiger charge is -2.27. The van der Waals surface area contributed by atoms with Crippen molar-refractivity contribution in [1.82, 2.24) is 4.90 Å². The molecule has 1 aromatic carbocycles. The van der Waals surface area contributed by atoms with Crippen LogP contribution in [-0.2, 0) is 19.1 Å². The highest BCUT2D eigenvalue weighted by molar-refractivity contribution is 6.33. The van der Waals surface area contributed by atoms with E-state index in [-0.39, 0.29) is 0 Å². The summed E-state index contributed by atoms with van der Waals surface area (Å²) in [6.45, 7) is 7.12. The number of nitrogens with one attached hydrogen (secondary N) is 1. The number of carbonyl (C=O) groups excluding carboxylic acids is 3. The predicted octanol–water partition coefficient (Wildman–Crippen LogP) is 3.53. The van der Waals surface area contributed by atoms with Crippen molar-refractivity contribution in [3.8, 4) is 0 Å². The van der Waals surface area contributed by atoms with Gasteiger partial charge < -0.3 is 14.8 Å². The molecule has 0 radical (unpaired) electrons. The van der Waals surface area contributed by atoms with Crippen molar-refractivity contribution in [1.29, 1.82) is 0 Å². The second-order valence-electron chi connectivity index (χ2n) is 7.47. The molecule has 148 valence electrons. The summed E-state index contributed by atoms with van der Waals surface area (Å²) in [6, 6.07) is 4.47. The third-order valence-electron chi connectivity index (χ3n) is 3.90. The van der Waals surface area contributed by atoms with Crippen LogP contribution in [0.25, 0.3) is 0 Å². The molecular weight excluding hydrogens is 372 g/mol. The zero-order valence-corrected chi connectivity index (χ0v) is 16.8. The van der Waals surface area contributed by atoms with E-state index in [4.69, 9.17) is 21.1 Å². The third-order valence-corrected chi connectivity index (χ3v) is 4.21. The van der Waals surface area contributed by atoms with Gasteiger partial charge in [0.2, 0.25) is 0 Å². The van der Waals surface area contributed by atoms with E-state index in [9.17, 15) is 14.4 Å². The molecule has 7 nitrogen and oxygen atoms in total. The highest BCUT2D eigenvalue weighted by Crippen LogP contribution is 2.23. The number of carbonyl (C=O) groups is 3. The lowest BCUT2D eigenvalue weighted by Crippen LogP contribution is -2.44. The monoisotopic (exact) mass is 396 g/mol. The predicted molar refractivity (Wildman–Crippen MR) is 102 cm³/mol. The summed E-state index contributed by atoms with van der Waals surface area (Å²) in [4.78, 5) is 37.9. The van der Waals surface area contributed by atoms with Crippen molar-refractivity contribution in [2.75, 3.05) is 18.5 Å². The first-order valence-electron chi connectivity index (χ1n) is 8.79. The van der Waals surface area contributed by atoms with E-state index in [1.54, 1.807) is 32.9 Å². The first-order valence-corrected chi connectivity index (χ1v) is 9.17. The van der Waals surface area contributed by atoms with Gasteiger partial charge in [-0.2, -0.15) is 0 Å². The van der Waals surface area contributed by atoms with Gasteiger partial charge in [0.05, 0.1) is 10.7 Å². The van der Waals surface area contributed by atoms with Gasteiger partial charge in [0.25, 0.3) is 5.91 Å². The van der Waals surface area contributed by atoms with Gasteiger partial charge in [-0.3, -0.25) is 9.69 Å². The maximum Gasteiger partial charge on any atom is 0.411 e. The van der Waals surface area contributed by atoms with Crippen LogP contribution in [0.3, 0.4) is 0 Å². The van der Waals surface area contributed by atoms with Crippen LogP contribution < -0.4 is 5.32 Å². The van der Waals surface area contributed by atoms with Gasteiger partial charge in [-0.05, 0) is 58.2 Å². The molecule has 1 saturated heterocycles. The third kappa shape index (κ3) is 6.13. The smallest absolute Gasteiger partial charge is 0.411 e. The van der Waals surface area contributed by atoms with Gasteiger partial charge in [-0.25, -0.2) is 9.59 Å². The fraction of sp³-hybridized carbons (Fsp3) is 0.526. The summed E-state index contributed by atoms with van der Waals surface area (Å²) in [5, 5.41) is 3.00. The van der Waals surface area contributed by atoms with Crippen molar-refractivity contribution in [3.63, 3.8) is 0 Å². The second-order valence-corrected chi connectivity index (χ2v) is 7.88. The molecule has 0 aliphatic carbocycles. The van der Waals surface area contributed by atoms with E-state index in [0.717, 1.165) is 5.56 Å². The van der Waals surface area contributed by atoms with Gasteiger partial charge in [0.1, 0.15) is 11.6 Å². The largest absolute Gasteiger partial charge is 0.454 e. The van der Waals surface area contributed by atoms with Crippen LogP contribution in [0.1, 0.15) is 39.2 Å². The van der Waals surface area contributed by atoms with Crippen LogP contribution >= 0.6 is 11.6 Å². The first kappa shape index (κ1) is 21.0. The molecule has 1 N–H and O–H groups in total. The number of aryl methyl sites for hydroxylation is 1. The van der Waals surface area contributed by atoms with Gasteiger partial charge in [0.15, 0.2) is 6.61 Å². The Bertz CT molecular complexity index is 729. The van der Waals surface area contributed by atoms with Crippen molar-refractivity contribution in [2.24, 2.45) is 0 Å². The Morgan fingerprint density at radius 3 is 2.63 bits per heavy atom. The van der Waals surface area contributed by atoms with Crippen molar-refractivity contribution >= 4 is 35.3 Å². The van der Waals surface area contributed by atoms with Crippen molar-refractivity contribution in [3.05, 3.63) is 28.8 Å². The molecule has 1 atom stereocenters. The Kier molecular flexibility index (Phi) is 6.70. The summed E-state index contributed by atoms with van der Waals surface area (Å²) >= 11 is 6.07. The zero-order valence-electron chi connectivity index (χ0n) is 16.0. The van der Waals surface area contributed by atoms with E-state index >= 15 is 0 Å². The Morgan fingerprint density at radius 2 is 2.00 bits per heavy atom. The fourth-order valence-electron chi connectivity index (χ4n) is 2.69. The maximum absolute atomic E-state index is 12.3. The molecule has 1 unspecified atom stereocenters. The molecular formula is C19H25ClN2O5. The zero-order chi connectivity index (χ0) is 20.2. The van der Waals surface area contributed by atoms with Crippen LogP contribution in [0.4, 0.5) is 10.5 Å². The van der Waals surface area contributed by atoms with Crippen LogP contribution in [0, 0.1) is 6.92 Å². The number of esters is 1. The lowest BCUT2D eigenvalue weighted by atomic mass is 10.2. The highest BCUT2D eigenvalue weighted by atomic mass is 35.5. The Balaban J connectivity index is 1.88. The Labute approximate surface area is 163 Å². The number of anilines is 1. The topological polar surface area (TPSA) is 84.9 Å². The van der Waals surface area contributed by atoms with Crippen molar-refractivity contribution in [2.45, 2.75) is 52.2 Å².